The molecular weight excluding hydrogens is 358 g/mol. The maximum Gasteiger partial charge on any atom is 0.255 e. The lowest BCUT2D eigenvalue weighted by atomic mass is 10.1. The van der Waals surface area contributed by atoms with E-state index in [1.165, 1.54) is 5.56 Å². The number of aromatic nitrogens is 2. The summed E-state index contributed by atoms with van der Waals surface area (Å²) in [6, 6.07) is 16.9. The highest BCUT2D eigenvalue weighted by Gasteiger charge is 2.11. The molecule has 0 aliphatic rings. The fourth-order valence-electron chi connectivity index (χ4n) is 2.93. The number of fused-ring (bicyclic) bond motifs is 1. The molecule has 2 aromatic carbocycles. The van der Waals surface area contributed by atoms with Gasteiger partial charge in [0.25, 0.3) is 5.91 Å². The number of hydrogen-bond acceptors (Lipinski definition) is 2. The van der Waals surface area contributed by atoms with Crippen molar-refractivity contribution in [3.05, 3.63) is 88.7 Å². The van der Waals surface area contributed by atoms with Gasteiger partial charge < -0.3 is 9.72 Å². The van der Waals surface area contributed by atoms with Crippen molar-refractivity contribution in [3.8, 4) is 11.3 Å². The number of rotatable bonds is 3. The molecule has 1 amide bonds. The normalized spacial score (nSPS) is 10.9. The van der Waals surface area contributed by atoms with Crippen LogP contribution in [0.2, 0.25) is 5.02 Å². The molecule has 5 heteroatoms. The van der Waals surface area contributed by atoms with Crippen molar-refractivity contribution in [2.45, 2.75) is 13.8 Å². The SMILES string of the molecule is Cc1ccn2cc(-c3ccc(C)c(NC(=O)c4ccc(Cl)cc4)c3)nc2c1. The molecule has 4 nitrogen and oxygen atoms in total. The number of halogens is 1. The third-order valence-corrected chi connectivity index (χ3v) is 4.76. The molecule has 0 atom stereocenters. The fourth-order valence-corrected chi connectivity index (χ4v) is 3.06. The number of carbonyl (C=O) groups is 1. The molecule has 134 valence electrons. The molecule has 0 fully saturated rings. The summed E-state index contributed by atoms with van der Waals surface area (Å²) in [5.41, 5.74) is 6.20. The van der Waals surface area contributed by atoms with Crippen molar-refractivity contribution in [1.82, 2.24) is 9.38 Å². The second-order valence-corrected chi connectivity index (χ2v) is 7.02. The van der Waals surface area contributed by atoms with Gasteiger partial charge in [0.15, 0.2) is 0 Å². The Kier molecular flexibility index (Phi) is 4.42. The van der Waals surface area contributed by atoms with Gasteiger partial charge in [-0.2, -0.15) is 0 Å². The molecule has 4 aromatic rings. The number of carbonyl (C=O) groups excluding carboxylic acids is 1. The number of amides is 1. The van der Waals surface area contributed by atoms with Crippen LogP contribution >= 0.6 is 11.6 Å². The van der Waals surface area contributed by atoms with E-state index in [-0.39, 0.29) is 5.91 Å². The lowest BCUT2D eigenvalue weighted by Crippen LogP contribution is -2.12. The lowest BCUT2D eigenvalue weighted by Gasteiger charge is -2.10. The summed E-state index contributed by atoms with van der Waals surface area (Å²) in [6.45, 7) is 4.01. The van der Waals surface area contributed by atoms with E-state index in [9.17, 15) is 4.79 Å². The van der Waals surface area contributed by atoms with Crippen LogP contribution in [0.15, 0.2) is 67.0 Å². The molecule has 0 bridgehead atoms. The average molecular weight is 376 g/mol. The van der Waals surface area contributed by atoms with Crippen LogP contribution in [-0.4, -0.2) is 15.3 Å². The number of pyridine rings is 1. The highest BCUT2D eigenvalue weighted by atomic mass is 35.5. The van der Waals surface area contributed by atoms with Gasteiger partial charge in [-0.25, -0.2) is 4.98 Å². The Balaban J connectivity index is 1.66. The van der Waals surface area contributed by atoms with Crippen LogP contribution in [-0.2, 0) is 0 Å². The fraction of sp³-hybridized carbons (Fsp3) is 0.0909. The Bertz CT molecular complexity index is 1150. The Labute approximate surface area is 162 Å². The van der Waals surface area contributed by atoms with Crippen molar-refractivity contribution in [2.24, 2.45) is 0 Å². The Hall–Kier alpha value is -3.11. The van der Waals surface area contributed by atoms with E-state index in [1.807, 2.05) is 61.0 Å². The largest absolute Gasteiger partial charge is 0.322 e. The molecule has 0 aliphatic carbocycles. The topological polar surface area (TPSA) is 46.4 Å². The molecular formula is C22H18ClN3O. The second-order valence-electron chi connectivity index (χ2n) is 6.59. The number of imidazole rings is 1. The summed E-state index contributed by atoms with van der Waals surface area (Å²) in [4.78, 5) is 17.2. The number of hydrogen-bond donors (Lipinski definition) is 1. The van der Waals surface area contributed by atoms with Crippen LogP contribution in [0.1, 0.15) is 21.5 Å². The number of anilines is 1. The van der Waals surface area contributed by atoms with E-state index >= 15 is 0 Å². The zero-order chi connectivity index (χ0) is 19.0. The van der Waals surface area contributed by atoms with E-state index < -0.39 is 0 Å². The van der Waals surface area contributed by atoms with Crippen molar-refractivity contribution in [1.29, 1.82) is 0 Å². The molecule has 1 N–H and O–H groups in total. The minimum absolute atomic E-state index is 0.169. The van der Waals surface area contributed by atoms with Gasteiger partial charge in [-0.1, -0.05) is 23.7 Å². The lowest BCUT2D eigenvalue weighted by molar-refractivity contribution is 0.102. The maximum absolute atomic E-state index is 12.5. The Morgan fingerprint density at radius 2 is 1.81 bits per heavy atom. The predicted molar refractivity (Wildman–Crippen MR) is 110 cm³/mol. The number of nitrogens with zero attached hydrogens (tertiary/aromatic N) is 2. The number of benzene rings is 2. The number of nitrogens with one attached hydrogen (secondary N) is 1. The first-order valence-corrected chi connectivity index (χ1v) is 9.01. The third-order valence-electron chi connectivity index (χ3n) is 4.50. The molecule has 4 rings (SSSR count). The van der Waals surface area contributed by atoms with Gasteiger partial charge in [0.05, 0.1) is 5.69 Å². The highest BCUT2D eigenvalue weighted by molar-refractivity contribution is 6.30. The van der Waals surface area contributed by atoms with Gasteiger partial charge >= 0.3 is 0 Å². The molecule has 2 aromatic heterocycles. The zero-order valence-corrected chi connectivity index (χ0v) is 15.8. The Morgan fingerprint density at radius 3 is 2.59 bits per heavy atom. The third kappa shape index (κ3) is 3.57. The number of aryl methyl sites for hydroxylation is 2. The van der Waals surface area contributed by atoms with Crippen molar-refractivity contribution < 1.29 is 4.79 Å². The van der Waals surface area contributed by atoms with E-state index in [0.29, 0.717) is 10.6 Å². The van der Waals surface area contributed by atoms with Gasteiger partial charge in [-0.05, 0) is 67.4 Å². The molecule has 0 radical (unpaired) electrons. The maximum atomic E-state index is 12.5. The molecule has 27 heavy (non-hydrogen) atoms. The molecule has 0 unspecified atom stereocenters. The van der Waals surface area contributed by atoms with Gasteiger partial charge in [0.2, 0.25) is 0 Å². The van der Waals surface area contributed by atoms with Gasteiger partial charge in [0, 0.05) is 34.2 Å². The van der Waals surface area contributed by atoms with Crippen LogP contribution in [0.4, 0.5) is 5.69 Å². The monoisotopic (exact) mass is 375 g/mol. The first-order chi connectivity index (χ1) is 13.0. The Morgan fingerprint density at radius 1 is 1.04 bits per heavy atom. The summed E-state index contributed by atoms with van der Waals surface area (Å²) in [7, 11) is 0. The van der Waals surface area contributed by atoms with Crippen LogP contribution < -0.4 is 5.32 Å². The summed E-state index contributed by atoms with van der Waals surface area (Å²) in [5.74, 6) is -0.169. The first-order valence-electron chi connectivity index (χ1n) is 8.63. The minimum atomic E-state index is -0.169. The highest BCUT2D eigenvalue weighted by Crippen LogP contribution is 2.26. The molecule has 0 spiro atoms. The van der Waals surface area contributed by atoms with Crippen LogP contribution in [0.5, 0.6) is 0 Å². The van der Waals surface area contributed by atoms with Gasteiger partial charge in [-0.3, -0.25) is 4.79 Å². The van der Waals surface area contributed by atoms with E-state index in [4.69, 9.17) is 16.6 Å². The van der Waals surface area contributed by atoms with Crippen molar-refractivity contribution in [3.63, 3.8) is 0 Å². The second kappa shape index (κ2) is 6.89. The summed E-state index contributed by atoms with van der Waals surface area (Å²) >= 11 is 5.89. The zero-order valence-electron chi connectivity index (χ0n) is 15.0. The quantitative estimate of drug-likeness (QED) is 0.512. The van der Waals surface area contributed by atoms with Crippen LogP contribution in [0, 0.1) is 13.8 Å². The average Bonchev–Trinajstić information content (AvgIpc) is 3.07. The molecule has 0 saturated heterocycles. The molecule has 2 heterocycles. The van der Waals surface area contributed by atoms with E-state index in [0.717, 1.165) is 28.2 Å². The smallest absolute Gasteiger partial charge is 0.255 e. The molecule has 0 saturated carbocycles. The standard InChI is InChI=1S/C22H18ClN3O/c1-14-9-10-26-13-20(24-21(26)11-14)17-4-3-15(2)19(12-17)25-22(27)16-5-7-18(23)8-6-16/h3-13H,1-2H3,(H,25,27). The summed E-state index contributed by atoms with van der Waals surface area (Å²) in [6.07, 6.45) is 3.99. The molecule has 0 aliphatic heterocycles. The van der Waals surface area contributed by atoms with Crippen molar-refractivity contribution in [2.75, 3.05) is 5.32 Å². The van der Waals surface area contributed by atoms with Gasteiger partial charge in [0.1, 0.15) is 5.65 Å². The minimum Gasteiger partial charge on any atom is -0.322 e. The van der Waals surface area contributed by atoms with Crippen LogP contribution in [0.3, 0.4) is 0 Å². The summed E-state index contributed by atoms with van der Waals surface area (Å²) in [5, 5.41) is 3.59. The summed E-state index contributed by atoms with van der Waals surface area (Å²) < 4.78 is 1.99. The van der Waals surface area contributed by atoms with E-state index in [1.54, 1.807) is 24.3 Å². The van der Waals surface area contributed by atoms with Gasteiger partial charge in [-0.15, -0.1) is 0 Å². The predicted octanol–water partition coefficient (Wildman–Crippen LogP) is 5.52. The van der Waals surface area contributed by atoms with Crippen molar-refractivity contribution >= 4 is 28.8 Å². The van der Waals surface area contributed by atoms with Crippen LogP contribution in [0.25, 0.3) is 16.9 Å². The van der Waals surface area contributed by atoms with E-state index in [2.05, 4.69) is 5.32 Å². The first kappa shape index (κ1) is 17.3.